The Balaban J connectivity index is 2.40. The highest BCUT2D eigenvalue weighted by molar-refractivity contribution is 7.80. The van der Waals surface area contributed by atoms with Crippen molar-refractivity contribution < 1.29 is 4.74 Å². The summed E-state index contributed by atoms with van der Waals surface area (Å²) in [6.45, 7) is 2.75. The molecule has 1 atom stereocenters. The molecule has 0 amide bonds. The molecule has 0 aliphatic rings. The van der Waals surface area contributed by atoms with Gasteiger partial charge in [-0.1, -0.05) is 25.2 Å². The molecule has 0 spiro atoms. The van der Waals surface area contributed by atoms with Crippen LogP contribution in [0.4, 0.5) is 5.82 Å². The van der Waals surface area contributed by atoms with Gasteiger partial charge < -0.3 is 15.4 Å². The summed E-state index contributed by atoms with van der Waals surface area (Å²) in [6.07, 6.45) is 1.81. The highest BCUT2D eigenvalue weighted by atomic mass is 32.1. The summed E-state index contributed by atoms with van der Waals surface area (Å²) < 4.78 is 5.29. The smallest absolute Gasteiger partial charge is 0.136 e. The summed E-state index contributed by atoms with van der Waals surface area (Å²) in [7, 11) is 3.66. The number of hydrogen-bond acceptors (Lipinski definition) is 4. The number of ether oxygens (including phenoxy) is 1. The number of benzene rings is 1. The van der Waals surface area contributed by atoms with E-state index in [2.05, 4.69) is 9.88 Å². The number of nitrogens with two attached hydrogens (primary N) is 1. The van der Waals surface area contributed by atoms with Gasteiger partial charge in [-0.2, -0.15) is 0 Å². The van der Waals surface area contributed by atoms with Gasteiger partial charge in [0.25, 0.3) is 0 Å². The van der Waals surface area contributed by atoms with Crippen LogP contribution in [-0.4, -0.2) is 30.7 Å². The first-order chi connectivity index (χ1) is 9.52. The van der Waals surface area contributed by atoms with Gasteiger partial charge in [0.2, 0.25) is 0 Å². The maximum absolute atomic E-state index is 5.68. The largest absolute Gasteiger partial charge is 0.497 e. The van der Waals surface area contributed by atoms with E-state index in [1.165, 1.54) is 0 Å². The van der Waals surface area contributed by atoms with Gasteiger partial charge >= 0.3 is 0 Å². The number of aromatic nitrogens is 1. The topological polar surface area (TPSA) is 51.4 Å². The molecule has 4 nitrogen and oxygen atoms in total. The molecule has 2 rings (SSSR count). The fraction of sp³-hybridized carbons (Fsp3) is 0.333. The second-order valence-electron chi connectivity index (χ2n) is 4.91. The number of pyridine rings is 1. The molecule has 0 fully saturated rings. The van der Waals surface area contributed by atoms with Crippen LogP contribution >= 0.6 is 12.2 Å². The van der Waals surface area contributed by atoms with Crippen LogP contribution in [0.3, 0.4) is 0 Å². The first-order valence-electron chi connectivity index (χ1n) is 6.46. The van der Waals surface area contributed by atoms with Crippen LogP contribution in [0.2, 0.25) is 0 Å². The van der Waals surface area contributed by atoms with Crippen molar-refractivity contribution in [3.8, 4) is 5.75 Å². The molecule has 1 heterocycles. The standard InChI is InChI=1S/C15H19N3OS/c1-10(14(16)20)9-18(2)15-13-8-12(19-3)5-4-11(13)6-7-17-15/h4-8,10H,9H2,1-3H3,(H2,16,20). The number of anilines is 1. The quantitative estimate of drug-likeness (QED) is 0.857. The number of rotatable bonds is 5. The molecule has 2 aromatic rings. The SMILES string of the molecule is COc1ccc2ccnc(N(C)CC(C)C(N)=S)c2c1. The van der Waals surface area contributed by atoms with Crippen molar-refractivity contribution >= 4 is 33.8 Å². The maximum atomic E-state index is 5.68. The Morgan fingerprint density at radius 2 is 2.20 bits per heavy atom. The van der Waals surface area contributed by atoms with E-state index in [0.717, 1.165) is 28.9 Å². The molecule has 106 valence electrons. The molecule has 1 unspecified atom stereocenters. The summed E-state index contributed by atoms with van der Waals surface area (Å²) in [5.74, 6) is 1.87. The van der Waals surface area contributed by atoms with Crippen molar-refractivity contribution in [3.63, 3.8) is 0 Å². The minimum atomic E-state index is 0.137. The van der Waals surface area contributed by atoms with Crippen LogP contribution in [-0.2, 0) is 0 Å². The van der Waals surface area contributed by atoms with E-state index in [1.54, 1.807) is 7.11 Å². The summed E-state index contributed by atoms with van der Waals surface area (Å²) in [5, 5.41) is 2.19. The van der Waals surface area contributed by atoms with E-state index in [-0.39, 0.29) is 5.92 Å². The summed E-state index contributed by atoms with van der Waals surface area (Å²) in [4.78, 5) is 7.08. The van der Waals surface area contributed by atoms with Crippen LogP contribution in [0.5, 0.6) is 5.75 Å². The third-order valence-corrected chi connectivity index (χ3v) is 3.75. The maximum Gasteiger partial charge on any atom is 0.136 e. The Morgan fingerprint density at radius 1 is 1.45 bits per heavy atom. The lowest BCUT2D eigenvalue weighted by atomic mass is 10.1. The fourth-order valence-corrected chi connectivity index (χ4v) is 2.23. The molecule has 1 aromatic heterocycles. The van der Waals surface area contributed by atoms with Crippen molar-refractivity contribution in [1.29, 1.82) is 0 Å². The van der Waals surface area contributed by atoms with Crippen molar-refractivity contribution in [2.45, 2.75) is 6.92 Å². The molecule has 2 N–H and O–H groups in total. The molecule has 1 aromatic carbocycles. The Morgan fingerprint density at radius 3 is 2.85 bits per heavy atom. The molecule has 0 bridgehead atoms. The van der Waals surface area contributed by atoms with E-state index in [0.29, 0.717) is 4.99 Å². The second-order valence-corrected chi connectivity index (χ2v) is 5.38. The molecule has 0 saturated heterocycles. The van der Waals surface area contributed by atoms with E-state index >= 15 is 0 Å². The highest BCUT2D eigenvalue weighted by Crippen LogP contribution is 2.27. The van der Waals surface area contributed by atoms with Crippen molar-refractivity contribution in [2.24, 2.45) is 11.7 Å². The molecular formula is C15H19N3OS. The van der Waals surface area contributed by atoms with E-state index in [1.807, 2.05) is 44.4 Å². The number of thiocarbonyl (C=S) groups is 1. The Bertz CT molecular complexity index is 630. The third kappa shape index (κ3) is 2.99. The molecule has 5 heteroatoms. The average molecular weight is 289 g/mol. The molecular weight excluding hydrogens is 270 g/mol. The molecule has 0 aliphatic carbocycles. The van der Waals surface area contributed by atoms with Crippen LogP contribution in [0.25, 0.3) is 10.8 Å². The molecule has 0 saturated carbocycles. The minimum Gasteiger partial charge on any atom is -0.497 e. The first-order valence-corrected chi connectivity index (χ1v) is 6.87. The summed E-state index contributed by atoms with van der Waals surface area (Å²) >= 11 is 5.03. The normalized spacial score (nSPS) is 12.2. The van der Waals surface area contributed by atoms with Crippen LogP contribution in [0.15, 0.2) is 30.5 Å². The van der Waals surface area contributed by atoms with Gasteiger partial charge in [-0.05, 0) is 23.6 Å². The predicted octanol–water partition coefficient (Wildman–Crippen LogP) is 2.60. The van der Waals surface area contributed by atoms with Crippen molar-refractivity contribution in [3.05, 3.63) is 30.5 Å². The highest BCUT2D eigenvalue weighted by Gasteiger charge is 2.13. The third-order valence-electron chi connectivity index (χ3n) is 3.35. The minimum absolute atomic E-state index is 0.137. The zero-order valence-electron chi connectivity index (χ0n) is 12.0. The van der Waals surface area contributed by atoms with E-state index in [4.69, 9.17) is 22.7 Å². The Labute approximate surface area is 124 Å². The van der Waals surface area contributed by atoms with Gasteiger partial charge in [-0.3, -0.25) is 0 Å². The Hall–Kier alpha value is -1.88. The number of nitrogens with zero attached hydrogens (tertiary/aromatic N) is 2. The predicted molar refractivity (Wildman–Crippen MR) is 87.5 cm³/mol. The lowest BCUT2D eigenvalue weighted by Gasteiger charge is -2.23. The van der Waals surface area contributed by atoms with E-state index in [9.17, 15) is 0 Å². The fourth-order valence-electron chi connectivity index (χ4n) is 2.15. The molecule has 0 aliphatic heterocycles. The zero-order valence-corrected chi connectivity index (χ0v) is 12.8. The number of hydrogen-bond donors (Lipinski definition) is 1. The van der Waals surface area contributed by atoms with E-state index < -0.39 is 0 Å². The molecule has 0 radical (unpaired) electrons. The second kappa shape index (κ2) is 6.05. The van der Waals surface area contributed by atoms with Crippen LogP contribution in [0.1, 0.15) is 6.92 Å². The number of fused-ring (bicyclic) bond motifs is 1. The lowest BCUT2D eigenvalue weighted by molar-refractivity contribution is 0.415. The molecule has 20 heavy (non-hydrogen) atoms. The van der Waals surface area contributed by atoms with Crippen LogP contribution in [0, 0.1) is 5.92 Å². The lowest BCUT2D eigenvalue weighted by Crippen LogP contribution is -2.31. The summed E-state index contributed by atoms with van der Waals surface area (Å²) in [6, 6.07) is 7.97. The van der Waals surface area contributed by atoms with Crippen molar-refractivity contribution in [2.75, 3.05) is 25.6 Å². The van der Waals surface area contributed by atoms with Gasteiger partial charge in [0.15, 0.2) is 0 Å². The first kappa shape index (κ1) is 14.5. The van der Waals surface area contributed by atoms with Crippen molar-refractivity contribution in [1.82, 2.24) is 4.98 Å². The van der Waals surface area contributed by atoms with Gasteiger partial charge in [0.1, 0.15) is 11.6 Å². The van der Waals surface area contributed by atoms with Gasteiger partial charge in [0.05, 0.1) is 12.1 Å². The van der Waals surface area contributed by atoms with Gasteiger partial charge in [-0.25, -0.2) is 4.98 Å². The number of methoxy groups -OCH3 is 1. The average Bonchev–Trinajstić information content (AvgIpc) is 2.45. The van der Waals surface area contributed by atoms with Gasteiger partial charge in [-0.15, -0.1) is 0 Å². The monoisotopic (exact) mass is 289 g/mol. The summed E-state index contributed by atoms with van der Waals surface area (Å²) in [5.41, 5.74) is 5.68. The Kier molecular flexibility index (Phi) is 4.39. The zero-order chi connectivity index (χ0) is 14.7. The van der Waals surface area contributed by atoms with Crippen LogP contribution < -0.4 is 15.4 Å². The van der Waals surface area contributed by atoms with Gasteiger partial charge in [0, 0.05) is 31.1 Å².